The van der Waals surface area contributed by atoms with E-state index in [-0.39, 0.29) is 17.8 Å². The molecule has 0 atom stereocenters. The third-order valence-electron chi connectivity index (χ3n) is 2.37. The van der Waals surface area contributed by atoms with Crippen molar-refractivity contribution in [3.63, 3.8) is 0 Å². The minimum Gasteiger partial charge on any atom is -0.396 e. The highest BCUT2D eigenvalue weighted by Gasteiger charge is 2.26. The van der Waals surface area contributed by atoms with Gasteiger partial charge in [0.2, 0.25) is 10.0 Å². The maximum Gasteiger partial charge on any atom is 0.209 e. The molecule has 0 aliphatic rings. The van der Waals surface area contributed by atoms with Gasteiger partial charge in [0, 0.05) is 12.0 Å². The Labute approximate surface area is 104 Å². The minimum absolute atomic E-state index is 0.0968. The van der Waals surface area contributed by atoms with Gasteiger partial charge in [-0.3, -0.25) is 0 Å². The van der Waals surface area contributed by atoms with Gasteiger partial charge in [-0.25, -0.2) is 13.6 Å². The summed E-state index contributed by atoms with van der Waals surface area (Å²) in [6.45, 7) is 8.54. The number of ether oxygens (including phenoxy) is 1. The van der Waals surface area contributed by atoms with Gasteiger partial charge in [0.1, 0.15) is 0 Å². The van der Waals surface area contributed by atoms with E-state index in [1.165, 1.54) is 0 Å². The molecule has 104 valence electrons. The monoisotopic (exact) mass is 267 g/mol. The highest BCUT2D eigenvalue weighted by atomic mass is 32.2. The van der Waals surface area contributed by atoms with Crippen molar-refractivity contribution in [2.45, 2.75) is 34.1 Å². The Morgan fingerprint density at radius 1 is 1.12 bits per heavy atom. The van der Waals surface area contributed by atoms with Crippen molar-refractivity contribution in [1.82, 2.24) is 0 Å². The van der Waals surface area contributed by atoms with Crippen molar-refractivity contribution in [3.8, 4) is 0 Å². The summed E-state index contributed by atoms with van der Waals surface area (Å²) in [6.07, 6.45) is 0.655. The number of aliphatic hydroxyl groups is 1. The fraction of sp³-hybridized carbons (Fsp3) is 1.00. The van der Waals surface area contributed by atoms with Gasteiger partial charge in [0.25, 0.3) is 0 Å². The molecule has 0 radical (unpaired) electrons. The van der Waals surface area contributed by atoms with Crippen molar-refractivity contribution in [3.05, 3.63) is 0 Å². The maximum absolute atomic E-state index is 11.0. The van der Waals surface area contributed by atoms with Crippen molar-refractivity contribution in [2.24, 2.45) is 16.0 Å². The highest BCUT2D eigenvalue weighted by Crippen LogP contribution is 2.23. The zero-order chi connectivity index (χ0) is 13.7. The predicted octanol–water partition coefficient (Wildman–Crippen LogP) is 0.726. The Balaban J connectivity index is 4.11. The summed E-state index contributed by atoms with van der Waals surface area (Å²) in [5, 5.41) is 13.9. The van der Waals surface area contributed by atoms with E-state index in [2.05, 4.69) is 0 Å². The van der Waals surface area contributed by atoms with E-state index in [0.29, 0.717) is 19.6 Å². The van der Waals surface area contributed by atoms with Crippen molar-refractivity contribution in [2.75, 3.05) is 25.6 Å². The summed E-state index contributed by atoms with van der Waals surface area (Å²) in [4.78, 5) is 0. The van der Waals surface area contributed by atoms with Crippen LogP contribution in [0.25, 0.3) is 0 Å². The van der Waals surface area contributed by atoms with Gasteiger partial charge in [-0.05, 0) is 11.8 Å². The van der Waals surface area contributed by atoms with Gasteiger partial charge in [0.05, 0.1) is 19.0 Å². The standard InChI is InChI=1S/C11H25NO4S/c1-10(2,5-6-13)7-16-8-11(3,4)9-17(12,14)15/h13H,5-9H2,1-4H3,(H2,12,14,15). The normalized spacial score (nSPS) is 14.0. The number of hydrogen-bond donors (Lipinski definition) is 2. The Hall–Kier alpha value is -0.170. The highest BCUT2D eigenvalue weighted by molar-refractivity contribution is 7.89. The lowest BCUT2D eigenvalue weighted by molar-refractivity contribution is 0.0133. The average molecular weight is 267 g/mol. The molecule has 3 N–H and O–H groups in total. The zero-order valence-electron chi connectivity index (χ0n) is 11.2. The fourth-order valence-corrected chi connectivity index (χ4v) is 2.74. The molecule has 0 aromatic rings. The Kier molecular flexibility index (Phi) is 6.07. The van der Waals surface area contributed by atoms with E-state index in [9.17, 15) is 8.42 Å². The van der Waals surface area contributed by atoms with Crippen LogP contribution in [0, 0.1) is 10.8 Å². The maximum atomic E-state index is 11.0. The zero-order valence-corrected chi connectivity index (χ0v) is 12.0. The van der Waals surface area contributed by atoms with E-state index in [1.807, 2.05) is 13.8 Å². The number of sulfonamides is 1. The number of rotatable bonds is 8. The lowest BCUT2D eigenvalue weighted by Crippen LogP contribution is -2.34. The second-order valence-electron chi connectivity index (χ2n) is 6.10. The predicted molar refractivity (Wildman–Crippen MR) is 68.1 cm³/mol. The molecule has 5 nitrogen and oxygen atoms in total. The topological polar surface area (TPSA) is 89.6 Å². The van der Waals surface area contributed by atoms with Crippen molar-refractivity contribution >= 4 is 10.0 Å². The molecule has 0 heterocycles. The van der Waals surface area contributed by atoms with E-state index >= 15 is 0 Å². The first-order chi connectivity index (χ1) is 7.47. The second-order valence-corrected chi connectivity index (χ2v) is 7.72. The van der Waals surface area contributed by atoms with Crippen molar-refractivity contribution < 1.29 is 18.3 Å². The molecule has 0 fully saturated rings. The third kappa shape index (κ3) is 9.52. The van der Waals surface area contributed by atoms with Gasteiger partial charge in [-0.15, -0.1) is 0 Å². The second kappa shape index (κ2) is 6.13. The van der Waals surface area contributed by atoms with Crippen molar-refractivity contribution in [1.29, 1.82) is 0 Å². The van der Waals surface area contributed by atoms with Gasteiger partial charge in [-0.1, -0.05) is 27.7 Å². The summed E-state index contributed by atoms with van der Waals surface area (Å²) < 4.78 is 27.5. The molecule has 0 aliphatic heterocycles. The average Bonchev–Trinajstić information content (AvgIpc) is 1.96. The Bertz CT molecular complexity index is 322. The van der Waals surface area contributed by atoms with Crippen LogP contribution in [0.5, 0.6) is 0 Å². The van der Waals surface area contributed by atoms with Crippen LogP contribution >= 0.6 is 0 Å². The van der Waals surface area contributed by atoms with Gasteiger partial charge < -0.3 is 9.84 Å². The first-order valence-corrected chi connectivity index (χ1v) is 7.38. The molecule has 17 heavy (non-hydrogen) atoms. The van der Waals surface area contributed by atoms with Crippen LogP contribution in [0.3, 0.4) is 0 Å². The van der Waals surface area contributed by atoms with Crippen LogP contribution in [0.1, 0.15) is 34.1 Å². The minimum atomic E-state index is -3.48. The fourth-order valence-electron chi connectivity index (χ4n) is 1.56. The molecule has 0 aliphatic carbocycles. The smallest absolute Gasteiger partial charge is 0.209 e. The molecule has 0 aromatic carbocycles. The number of primary sulfonamides is 1. The van der Waals surface area contributed by atoms with E-state index in [4.69, 9.17) is 15.0 Å². The Morgan fingerprint density at radius 3 is 2.00 bits per heavy atom. The van der Waals surface area contributed by atoms with Gasteiger partial charge >= 0.3 is 0 Å². The summed E-state index contributed by atoms with van der Waals surface area (Å²) in [5.41, 5.74) is -0.602. The molecule has 0 amide bonds. The lowest BCUT2D eigenvalue weighted by Gasteiger charge is -2.28. The number of nitrogens with two attached hydrogens (primary N) is 1. The SMILES string of the molecule is CC(C)(CCO)COCC(C)(C)CS(N)(=O)=O. The summed E-state index contributed by atoms with van der Waals surface area (Å²) >= 11 is 0. The molecule has 0 rings (SSSR count). The molecule has 0 saturated carbocycles. The molecular weight excluding hydrogens is 242 g/mol. The molecule has 0 aromatic heterocycles. The lowest BCUT2D eigenvalue weighted by atomic mass is 9.91. The number of aliphatic hydroxyl groups excluding tert-OH is 1. The van der Waals surface area contributed by atoms with Crippen LogP contribution in [-0.4, -0.2) is 39.1 Å². The van der Waals surface area contributed by atoms with Crippen LogP contribution < -0.4 is 5.14 Å². The first kappa shape index (κ1) is 16.8. The van der Waals surface area contributed by atoms with Crippen LogP contribution in [-0.2, 0) is 14.8 Å². The largest absolute Gasteiger partial charge is 0.396 e. The van der Waals surface area contributed by atoms with E-state index in [0.717, 1.165) is 0 Å². The molecule has 0 saturated heterocycles. The number of hydrogen-bond acceptors (Lipinski definition) is 4. The first-order valence-electron chi connectivity index (χ1n) is 5.67. The molecule has 0 bridgehead atoms. The molecular formula is C11H25NO4S. The van der Waals surface area contributed by atoms with Crippen LogP contribution in [0.2, 0.25) is 0 Å². The molecule has 0 spiro atoms. The van der Waals surface area contributed by atoms with Gasteiger partial charge in [0.15, 0.2) is 0 Å². The van der Waals surface area contributed by atoms with Crippen LogP contribution in [0.4, 0.5) is 0 Å². The van der Waals surface area contributed by atoms with Crippen LogP contribution in [0.15, 0.2) is 0 Å². The molecule has 6 heteroatoms. The molecule has 0 unspecified atom stereocenters. The quantitative estimate of drug-likeness (QED) is 0.678. The summed E-state index contributed by atoms with van der Waals surface area (Å²) in [7, 11) is -3.48. The summed E-state index contributed by atoms with van der Waals surface area (Å²) in [6, 6.07) is 0. The van der Waals surface area contributed by atoms with E-state index < -0.39 is 15.4 Å². The van der Waals surface area contributed by atoms with Gasteiger partial charge in [-0.2, -0.15) is 0 Å². The van der Waals surface area contributed by atoms with E-state index in [1.54, 1.807) is 13.8 Å². The Morgan fingerprint density at radius 2 is 1.59 bits per heavy atom. The summed E-state index contributed by atoms with van der Waals surface area (Å²) in [5.74, 6) is -0.0968. The third-order valence-corrected chi connectivity index (χ3v) is 3.55.